The molecule has 2 aromatic rings. The minimum Gasteiger partial charge on any atom is -0.488 e. The average molecular weight is 397 g/mol. The van der Waals surface area contributed by atoms with Crippen molar-refractivity contribution in [3.63, 3.8) is 0 Å². The van der Waals surface area contributed by atoms with E-state index >= 15 is 0 Å². The van der Waals surface area contributed by atoms with Crippen LogP contribution in [0.15, 0.2) is 65.8 Å². The predicted molar refractivity (Wildman–Crippen MR) is 108 cm³/mol. The van der Waals surface area contributed by atoms with Gasteiger partial charge in [-0.15, -0.1) is 0 Å². The molecule has 2 aromatic carbocycles. The fourth-order valence-electron chi connectivity index (χ4n) is 2.88. The summed E-state index contributed by atoms with van der Waals surface area (Å²) in [5.41, 5.74) is 2.13. The molecule has 0 unspecified atom stereocenters. The zero-order valence-corrected chi connectivity index (χ0v) is 15.5. The first kappa shape index (κ1) is 17.5. The van der Waals surface area contributed by atoms with Gasteiger partial charge in [0.25, 0.3) is 11.8 Å². The summed E-state index contributed by atoms with van der Waals surface area (Å²) in [6, 6.07) is 14.2. The number of fused-ring (bicyclic) bond motifs is 1. The third-order valence-corrected chi connectivity index (χ3v) is 4.71. The number of ether oxygens (including phenoxy) is 1. The van der Waals surface area contributed by atoms with Gasteiger partial charge in [0.2, 0.25) is 0 Å². The van der Waals surface area contributed by atoms with Gasteiger partial charge in [0.15, 0.2) is 5.11 Å². The minimum atomic E-state index is -0.532. The maximum absolute atomic E-state index is 13.0. The molecule has 0 saturated carbocycles. The normalized spacial score (nSPS) is 18.0. The Balaban J connectivity index is 1.70. The number of carbonyl (C=O) groups is 2. The van der Waals surface area contributed by atoms with Crippen LogP contribution in [-0.2, 0) is 9.59 Å². The van der Waals surface area contributed by atoms with Crippen LogP contribution in [0.4, 0.5) is 5.69 Å². The second-order valence-electron chi connectivity index (χ2n) is 5.98. The van der Waals surface area contributed by atoms with Gasteiger partial charge in [0.1, 0.15) is 17.9 Å². The van der Waals surface area contributed by atoms with Gasteiger partial charge < -0.3 is 4.74 Å². The van der Waals surface area contributed by atoms with Crippen LogP contribution >= 0.6 is 23.8 Å². The Bertz CT molecular complexity index is 1030. The summed E-state index contributed by atoms with van der Waals surface area (Å²) in [5, 5.41) is 3.13. The van der Waals surface area contributed by atoms with Gasteiger partial charge in [0.05, 0.1) is 5.69 Å². The molecule has 2 aliphatic rings. The van der Waals surface area contributed by atoms with Crippen molar-refractivity contribution in [2.45, 2.75) is 0 Å². The lowest BCUT2D eigenvalue weighted by Gasteiger charge is -2.29. The summed E-state index contributed by atoms with van der Waals surface area (Å²) in [5.74, 6) is -0.260. The maximum Gasteiger partial charge on any atom is 0.270 e. The molecule has 1 saturated heterocycles. The van der Waals surface area contributed by atoms with Crippen molar-refractivity contribution in [2.24, 2.45) is 0 Å². The van der Waals surface area contributed by atoms with Gasteiger partial charge in [-0.3, -0.25) is 19.8 Å². The maximum atomic E-state index is 13.0. The van der Waals surface area contributed by atoms with Crippen LogP contribution < -0.4 is 15.0 Å². The summed E-state index contributed by atoms with van der Waals surface area (Å²) in [6.45, 7) is 0.270. The molecule has 134 valence electrons. The van der Waals surface area contributed by atoms with Crippen LogP contribution in [0.2, 0.25) is 5.02 Å². The molecular weight excluding hydrogens is 384 g/mol. The molecule has 4 rings (SSSR count). The highest BCUT2D eigenvalue weighted by Gasteiger charge is 2.34. The van der Waals surface area contributed by atoms with Crippen molar-refractivity contribution in [2.75, 3.05) is 11.5 Å². The van der Waals surface area contributed by atoms with E-state index in [-0.39, 0.29) is 17.3 Å². The van der Waals surface area contributed by atoms with Gasteiger partial charge in [-0.1, -0.05) is 29.8 Å². The summed E-state index contributed by atoms with van der Waals surface area (Å²) < 4.78 is 5.68. The van der Waals surface area contributed by atoms with Crippen LogP contribution in [0.1, 0.15) is 5.56 Å². The Morgan fingerprint density at radius 1 is 1.11 bits per heavy atom. The number of benzene rings is 2. The van der Waals surface area contributed by atoms with E-state index in [9.17, 15) is 9.59 Å². The van der Waals surface area contributed by atoms with Crippen LogP contribution in [0.5, 0.6) is 5.75 Å². The predicted octanol–water partition coefficient (Wildman–Crippen LogP) is 3.49. The largest absolute Gasteiger partial charge is 0.488 e. The average Bonchev–Trinajstić information content (AvgIpc) is 2.66. The van der Waals surface area contributed by atoms with Crippen molar-refractivity contribution < 1.29 is 14.3 Å². The number of amides is 2. The Kier molecular flexibility index (Phi) is 4.51. The van der Waals surface area contributed by atoms with Crippen LogP contribution in [0, 0.1) is 0 Å². The molecule has 2 heterocycles. The number of nitrogens with zero attached hydrogens (tertiary/aromatic N) is 1. The standard InChI is InChI=1S/C20H13ClN2O3S/c21-14-5-7-15(8-6-14)23-19(25)16(18(24)22-20(23)27)10-12-9-13-3-1-2-4-17(13)26-11-12/h1-10H,11H2,(H,22,24,27)/b16-10-. The number of hydrogen-bond acceptors (Lipinski definition) is 4. The number of thiocarbonyl (C=S) groups is 1. The lowest BCUT2D eigenvalue weighted by molar-refractivity contribution is -0.122. The van der Waals surface area contributed by atoms with Crippen molar-refractivity contribution in [3.05, 3.63) is 76.3 Å². The van der Waals surface area contributed by atoms with E-state index in [1.54, 1.807) is 24.3 Å². The Labute approximate surface area is 165 Å². The third-order valence-electron chi connectivity index (χ3n) is 4.17. The summed E-state index contributed by atoms with van der Waals surface area (Å²) in [4.78, 5) is 26.6. The van der Waals surface area contributed by atoms with Crippen molar-refractivity contribution in [3.8, 4) is 5.75 Å². The third kappa shape index (κ3) is 3.37. The molecule has 2 amide bonds. The quantitative estimate of drug-likeness (QED) is 0.479. The number of rotatable bonds is 2. The molecular formula is C20H13ClN2O3S. The van der Waals surface area contributed by atoms with E-state index in [0.717, 1.165) is 16.9 Å². The fraction of sp³-hybridized carbons (Fsp3) is 0.0500. The van der Waals surface area contributed by atoms with E-state index in [2.05, 4.69) is 5.32 Å². The van der Waals surface area contributed by atoms with Gasteiger partial charge >= 0.3 is 0 Å². The molecule has 0 aromatic heterocycles. The molecule has 2 aliphatic heterocycles. The minimum absolute atomic E-state index is 0.00668. The molecule has 27 heavy (non-hydrogen) atoms. The van der Waals surface area contributed by atoms with E-state index < -0.39 is 11.8 Å². The Morgan fingerprint density at radius 2 is 1.85 bits per heavy atom. The second-order valence-corrected chi connectivity index (χ2v) is 6.80. The number of hydrogen-bond donors (Lipinski definition) is 1. The second kappa shape index (κ2) is 6.98. The zero-order chi connectivity index (χ0) is 19.0. The Morgan fingerprint density at radius 3 is 2.63 bits per heavy atom. The molecule has 0 atom stereocenters. The SMILES string of the molecule is O=C1NC(=S)N(c2ccc(Cl)cc2)C(=O)/C1=C\C1=Cc2ccccc2OC1. The molecule has 1 N–H and O–H groups in total. The first-order valence-corrected chi connectivity index (χ1v) is 8.91. The number of para-hydroxylation sites is 1. The van der Waals surface area contributed by atoms with Crippen molar-refractivity contribution >= 4 is 52.5 Å². The molecule has 0 radical (unpaired) electrons. The fourth-order valence-corrected chi connectivity index (χ4v) is 3.29. The van der Waals surface area contributed by atoms with E-state index in [1.165, 1.54) is 11.0 Å². The first-order valence-electron chi connectivity index (χ1n) is 8.12. The number of nitrogens with one attached hydrogen (secondary N) is 1. The lowest BCUT2D eigenvalue weighted by Crippen LogP contribution is -2.54. The number of halogens is 1. The number of anilines is 1. The van der Waals surface area contributed by atoms with E-state index in [0.29, 0.717) is 10.7 Å². The number of carbonyl (C=O) groups excluding carboxylic acids is 2. The van der Waals surface area contributed by atoms with E-state index in [1.807, 2.05) is 30.3 Å². The summed E-state index contributed by atoms with van der Waals surface area (Å²) in [7, 11) is 0. The van der Waals surface area contributed by atoms with Gasteiger partial charge in [-0.25, -0.2) is 0 Å². The first-order chi connectivity index (χ1) is 13.0. The van der Waals surface area contributed by atoms with Gasteiger partial charge in [-0.05, 0) is 60.3 Å². The molecule has 0 aliphatic carbocycles. The highest BCUT2D eigenvalue weighted by Crippen LogP contribution is 2.28. The molecule has 0 bridgehead atoms. The summed E-state index contributed by atoms with van der Waals surface area (Å²) >= 11 is 11.1. The molecule has 0 spiro atoms. The van der Waals surface area contributed by atoms with Gasteiger partial charge in [-0.2, -0.15) is 0 Å². The smallest absolute Gasteiger partial charge is 0.270 e. The molecule has 5 nitrogen and oxygen atoms in total. The van der Waals surface area contributed by atoms with Crippen LogP contribution in [0.25, 0.3) is 6.08 Å². The molecule has 1 fully saturated rings. The summed E-state index contributed by atoms with van der Waals surface area (Å²) in [6.07, 6.45) is 3.43. The lowest BCUT2D eigenvalue weighted by atomic mass is 10.0. The van der Waals surface area contributed by atoms with E-state index in [4.69, 9.17) is 28.6 Å². The zero-order valence-electron chi connectivity index (χ0n) is 13.9. The van der Waals surface area contributed by atoms with Crippen molar-refractivity contribution in [1.82, 2.24) is 5.32 Å². The highest BCUT2D eigenvalue weighted by atomic mass is 35.5. The van der Waals surface area contributed by atoms with Crippen LogP contribution in [-0.4, -0.2) is 23.5 Å². The van der Waals surface area contributed by atoms with Crippen LogP contribution in [0.3, 0.4) is 0 Å². The topological polar surface area (TPSA) is 58.6 Å². The van der Waals surface area contributed by atoms with Crippen molar-refractivity contribution in [1.29, 1.82) is 0 Å². The Hall–Kier alpha value is -2.96. The monoisotopic (exact) mass is 396 g/mol. The molecule has 7 heteroatoms. The van der Waals surface area contributed by atoms with Gasteiger partial charge in [0, 0.05) is 10.6 Å². The highest BCUT2D eigenvalue weighted by molar-refractivity contribution is 7.80.